The van der Waals surface area contributed by atoms with E-state index in [0.29, 0.717) is 10.5 Å². The molecule has 1 N–H and O–H groups in total. The van der Waals surface area contributed by atoms with Gasteiger partial charge in [-0.05, 0) is 17.5 Å². The quantitative estimate of drug-likeness (QED) is 0.710. The van der Waals surface area contributed by atoms with Crippen LogP contribution in [0.1, 0.15) is 17.5 Å². The van der Waals surface area contributed by atoms with Crippen LogP contribution in [0.15, 0.2) is 66.7 Å². The molecule has 164 valence electrons. The van der Waals surface area contributed by atoms with E-state index in [4.69, 9.17) is 4.74 Å². The number of hydrogen-bond donors (Lipinski definition) is 1. The normalized spacial score (nSPS) is 18.8. The highest BCUT2D eigenvalue weighted by molar-refractivity contribution is 5.95. The van der Waals surface area contributed by atoms with Crippen molar-refractivity contribution in [3.8, 4) is 0 Å². The lowest BCUT2D eigenvalue weighted by Crippen LogP contribution is -2.47. The number of rotatable bonds is 7. The number of benzene rings is 2. The summed E-state index contributed by atoms with van der Waals surface area (Å²) in [5.74, 6) is -2.98. The van der Waals surface area contributed by atoms with E-state index in [1.807, 2.05) is 0 Å². The Morgan fingerprint density at radius 1 is 1.13 bits per heavy atom. The zero-order valence-corrected chi connectivity index (χ0v) is 16.5. The Balaban J connectivity index is 1.82. The topological polar surface area (TPSA) is 66.8 Å². The monoisotopic (exact) mass is 433 g/mol. The van der Waals surface area contributed by atoms with Crippen LogP contribution in [-0.2, 0) is 16.0 Å². The van der Waals surface area contributed by atoms with Gasteiger partial charge >= 0.3 is 12.3 Å². The Labute approximate surface area is 177 Å². The van der Waals surface area contributed by atoms with Crippen molar-refractivity contribution in [2.24, 2.45) is 5.92 Å². The average molecular weight is 433 g/mol. The highest BCUT2D eigenvalue weighted by Gasteiger charge is 2.46. The zero-order valence-electron chi connectivity index (χ0n) is 16.5. The molecule has 0 spiro atoms. The summed E-state index contributed by atoms with van der Waals surface area (Å²) in [6, 6.07) is 16.8. The SMILES string of the molecule is O=C1OC[C@H](Cc2ccccc2)N1C(=O)[C@@H](CC(F)(F)F)[C@H](O)/C=C\c1ccccc1. The standard InChI is InChI=1S/C23H22F3NO4/c24-23(25,26)14-19(20(28)12-11-16-7-3-1-4-8-16)21(29)27-18(15-31-22(27)30)13-17-9-5-2-6-10-17/h1-12,18-20,28H,13-15H2/b12-11-/t18-,19-,20+/m0/s1. The van der Waals surface area contributed by atoms with Gasteiger partial charge in [0.25, 0.3) is 0 Å². The Kier molecular flexibility index (Phi) is 7.12. The number of carbonyl (C=O) groups is 2. The van der Waals surface area contributed by atoms with Gasteiger partial charge < -0.3 is 9.84 Å². The van der Waals surface area contributed by atoms with Crippen molar-refractivity contribution in [3.05, 3.63) is 77.9 Å². The summed E-state index contributed by atoms with van der Waals surface area (Å²) in [7, 11) is 0. The highest BCUT2D eigenvalue weighted by Crippen LogP contribution is 2.31. The molecule has 3 atom stereocenters. The van der Waals surface area contributed by atoms with E-state index in [9.17, 15) is 27.9 Å². The van der Waals surface area contributed by atoms with Crippen molar-refractivity contribution < 1.29 is 32.6 Å². The molecule has 3 rings (SSSR count). The molecule has 0 unspecified atom stereocenters. The van der Waals surface area contributed by atoms with Gasteiger partial charge in [0.1, 0.15) is 6.61 Å². The number of nitrogens with zero attached hydrogens (tertiary/aromatic N) is 1. The molecule has 0 bridgehead atoms. The van der Waals surface area contributed by atoms with Gasteiger partial charge in [-0.25, -0.2) is 9.69 Å². The van der Waals surface area contributed by atoms with Crippen LogP contribution in [0.5, 0.6) is 0 Å². The van der Waals surface area contributed by atoms with Crippen LogP contribution in [0, 0.1) is 5.92 Å². The summed E-state index contributed by atoms with van der Waals surface area (Å²) >= 11 is 0. The first kappa shape index (κ1) is 22.6. The first-order chi connectivity index (χ1) is 14.7. The van der Waals surface area contributed by atoms with Crippen LogP contribution in [0.2, 0.25) is 0 Å². The molecule has 31 heavy (non-hydrogen) atoms. The minimum atomic E-state index is -4.71. The molecular weight excluding hydrogens is 411 g/mol. The summed E-state index contributed by atoms with van der Waals surface area (Å²) in [4.78, 5) is 25.9. The second-order valence-electron chi connectivity index (χ2n) is 7.31. The van der Waals surface area contributed by atoms with Crippen LogP contribution in [0.4, 0.5) is 18.0 Å². The number of cyclic esters (lactones) is 1. The minimum absolute atomic E-state index is 0.117. The molecule has 0 aromatic heterocycles. The molecule has 2 aromatic rings. The van der Waals surface area contributed by atoms with Gasteiger partial charge in [0.2, 0.25) is 5.91 Å². The number of imide groups is 1. The second-order valence-corrected chi connectivity index (χ2v) is 7.31. The largest absolute Gasteiger partial charge is 0.447 e. The molecule has 2 aromatic carbocycles. The summed E-state index contributed by atoms with van der Waals surface area (Å²) in [6.07, 6.45) is -6.19. The Hall–Kier alpha value is -3.13. The molecular formula is C23H22F3NO4. The summed E-state index contributed by atoms with van der Waals surface area (Å²) in [5.41, 5.74) is 1.46. The third-order valence-corrected chi connectivity index (χ3v) is 4.98. The second kappa shape index (κ2) is 9.78. The molecule has 1 heterocycles. The van der Waals surface area contributed by atoms with E-state index in [1.54, 1.807) is 60.7 Å². The maximum Gasteiger partial charge on any atom is 0.416 e. The maximum atomic E-state index is 13.2. The minimum Gasteiger partial charge on any atom is -0.447 e. The first-order valence-corrected chi connectivity index (χ1v) is 9.76. The molecule has 1 fully saturated rings. The number of hydrogen-bond acceptors (Lipinski definition) is 4. The van der Waals surface area contributed by atoms with E-state index >= 15 is 0 Å². The van der Waals surface area contributed by atoms with Gasteiger partial charge in [0.05, 0.1) is 24.5 Å². The fourth-order valence-corrected chi connectivity index (χ4v) is 3.46. The fourth-order valence-electron chi connectivity index (χ4n) is 3.46. The van der Waals surface area contributed by atoms with Crippen molar-refractivity contribution in [2.45, 2.75) is 31.2 Å². The fraction of sp³-hybridized carbons (Fsp3) is 0.304. The summed E-state index contributed by atoms with van der Waals surface area (Å²) in [5, 5.41) is 10.4. The van der Waals surface area contributed by atoms with E-state index in [1.165, 1.54) is 6.08 Å². The number of amides is 2. The molecule has 1 saturated heterocycles. The molecule has 1 aliphatic heterocycles. The number of aliphatic hydroxyl groups is 1. The van der Waals surface area contributed by atoms with Crippen LogP contribution in [0.3, 0.4) is 0 Å². The Morgan fingerprint density at radius 3 is 2.35 bits per heavy atom. The van der Waals surface area contributed by atoms with Gasteiger partial charge in [-0.15, -0.1) is 0 Å². The van der Waals surface area contributed by atoms with Crippen molar-refractivity contribution >= 4 is 18.1 Å². The predicted octanol–water partition coefficient (Wildman–Crippen LogP) is 4.22. The van der Waals surface area contributed by atoms with E-state index in [2.05, 4.69) is 0 Å². The summed E-state index contributed by atoms with van der Waals surface area (Å²) in [6.45, 7) is -0.117. The van der Waals surface area contributed by atoms with Gasteiger partial charge in [-0.3, -0.25) is 4.79 Å². The van der Waals surface area contributed by atoms with Crippen molar-refractivity contribution in [1.82, 2.24) is 4.90 Å². The van der Waals surface area contributed by atoms with Crippen molar-refractivity contribution in [1.29, 1.82) is 0 Å². The molecule has 5 nitrogen and oxygen atoms in total. The first-order valence-electron chi connectivity index (χ1n) is 9.76. The smallest absolute Gasteiger partial charge is 0.416 e. The summed E-state index contributed by atoms with van der Waals surface area (Å²) < 4.78 is 44.5. The highest BCUT2D eigenvalue weighted by atomic mass is 19.4. The maximum absolute atomic E-state index is 13.2. The van der Waals surface area contributed by atoms with Crippen LogP contribution in [0.25, 0.3) is 6.08 Å². The van der Waals surface area contributed by atoms with Gasteiger partial charge in [0.15, 0.2) is 0 Å². The number of aliphatic hydroxyl groups excluding tert-OH is 1. The van der Waals surface area contributed by atoms with E-state index in [-0.39, 0.29) is 13.0 Å². The lowest BCUT2D eigenvalue weighted by molar-refractivity contribution is -0.164. The lowest BCUT2D eigenvalue weighted by atomic mass is 9.94. The zero-order chi connectivity index (χ0) is 22.4. The molecule has 0 radical (unpaired) electrons. The van der Waals surface area contributed by atoms with Gasteiger partial charge in [0, 0.05) is 0 Å². The Morgan fingerprint density at radius 2 is 1.74 bits per heavy atom. The molecule has 8 heteroatoms. The number of ether oxygens (including phenoxy) is 1. The third kappa shape index (κ3) is 6.18. The lowest BCUT2D eigenvalue weighted by Gasteiger charge is -2.27. The number of halogens is 3. The molecule has 1 aliphatic rings. The number of alkyl halides is 3. The van der Waals surface area contributed by atoms with Crippen LogP contribution < -0.4 is 0 Å². The number of carbonyl (C=O) groups excluding carboxylic acids is 2. The van der Waals surface area contributed by atoms with Crippen molar-refractivity contribution in [3.63, 3.8) is 0 Å². The molecule has 0 aliphatic carbocycles. The van der Waals surface area contributed by atoms with Crippen LogP contribution >= 0.6 is 0 Å². The van der Waals surface area contributed by atoms with Gasteiger partial charge in [-0.2, -0.15) is 13.2 Å². The third-order valence-electron chi connectivity index (χ3n) is 4.98. The van der Waals surface area contributed by atoms with Crippen molar-refractivity contribution in [2.75, 3.05) is 6.61 Å². The van der Waals surface area contributed by atoms with Crippen LogP contribution in [-0.4, -0.2) is 46.9 Å². The average Bonchev–Trinajstić information content (AvgIpc) is 3.10. The molecule has 2 amide bonds. The van der Waals surface area contributed by atoms with E-state index in [0.717, 1.165) is 11.6 Å². The van der Waals surface area contributed by atoms with Gasteiger partial charge in [-0.1, -0.05) is 72.8 Å². The van der Waals surface area contributed by atoms with E-state index < -0.39 is 42.7 Å². The molecule has 0 saturated carbocycles. The Bertz CT molecular complexity index is 915. The predicted molar refractivity (Wildman–Crippen MR) is 108 cm³/mol.